The van der Waals surface area contributed by atoms with Gasteiger partial charge in [-0.15, -0.1) is 0 Å². The number of fused-ring (bicyclic) bond motifs is 1. The quantitative estimate of drug-likeness (QED) is 0.265. The van der Waals surface area contributed by atoms with E-state index in [2.05, 4.69) is 14.9 Å². The molecule has 0 saturated heterocycles. The second-order valence-corrected chi connectivity index (χ2v) is 3.73. The molecule has 7 heteroatoms. The third kappa shape index (κ3) is 1.86. The number of rotatable bonds is 2. The molecule has 3 N–H and O–H groups in total. The third-order valence-electron chi connectivity index (χ3n) is 2.48. The summed E-state index contributed by atoms with van der Waals surface area (Å²) in [6.07, 6.45) is 3.31. The van der Waals surface area contributed by atoms with Gasteiger partial charge in [0.2, 0.25) is 0 Å². The molecule has 2 aromatic rings. The van der Waals surface area contributed by atoms with E-state index in [1.807, 2.05) is 0 Å². The van der Waals surface area contributed by atoms with Crippen LogP contribution in [0, 0.1) is 6.92 Å². The molecule has 0 bridgehead atoms. The van der Waals surface area contributed by atoms with E-state index < -0.39 is 5.97 Å². The Morgan fingerprint density at radius 1 is 1.56 bits per heavy atom. The molecule has 18 heavy (non-hydrogen) atoms. The van der Waals surface area contributed by atoms with E-state index in [0.29, 0.717) is 16.8 Å². The fraction of sp³-hybridized carbons (Fsp3) is 0.182. The van der Waals surface area contributed by atoms with Gasteiger partial charge in [-0.05, 0) is 13.0 Å². The summed E-state index contributed by atoms with van der Waals surface area (Å²) >= 11 is 0. The molecule has 7 nitrogen and oxygen atoms in total. The highest BCUT2D eigenvalue weighted by atomic mass is 16.5. The van der Waals surface area contributed by atoms with Gasteiger partial charge in [-0.1, -0.05) is 5.16 Å². The summed E-state index contributed by atoms with van der Waals surface area (Å²) in [5, 5.41) is 11.7. The number of esters is 1. The molecule has 0 aliphatic heterocycles. The minimum atomic E-state index is -0.504. The minimum Gasteiger partial charge on any atom is -0.465 e. The molecular formula is C11H12N4O3. The molecule has 0 spiro atoms. The molecule has 0 saturated carbocycles. The molecule has 0 fully saturated rings. The maximum Gasteiger partial charge on any atom is 0.339 e. The highest BCUT2D eigenvalue weighted by molar-refractivity contribution is 6.04. The second kappa shape index (κ2) is 4.36. The zero-order chi connectivity index (χ0) is 13.3. The summed E-state index contributed by atoms with van der Waals surface area (Å²) in [5.41, 5.74) is 7.50. The molecule has 0 aliphatic rings. The predicted octanol–water partition coefficient (Wildman–Crippen LogP) is 0.524. The maximum absolute atomic E-state index is 11.5. The minimum absolute atomic E-state index is 0.114. The van der Waals surface area contributed by atoms with Gasteiger partial charge in [-0.25, -0.2) is 9.78 Å². The number of amidine groups is 1. The SMILES string of the molecule is COC(=O)c1cc(/C(N)=N/O)c2nc(C)cn2c1. The number of hydrogen-bond donors (Lipinski definition) is 2. The van der Waals surface area contributed by atoms with Crippen LogP contribution < -0.4 is 5.73 Å². The number of nitrogens with zero attached hydrogens (tertiary/aromatic N) is 3. The van der Waals surface area contributed by atoms with Gasteiger partial charge in [0.05, 0.1) is 23.9 Å². The van der Waals surface area contributed by atoms with Crippen LogP contribution in [0.15, 0.2) is 23.6 Å². The Morgan fingerprint density at radius 3 is 2.89 bits per heavy atom. The van der Waals surface area contributed by atoms with E-state index in [9.17, 15) is 4.79 Å². The van der Waals surface area contributed by atoms with Crippen LogP contribution in [0.3, 0.4) is 0 Å². The molecule has 0 unspecified atom stereocenters. The van der Waals surface area contributed by atoms with Crippen LogP contribution in [0.5, 0.6) is 0 Å². The third-order valence-corrected chi connectivity index (χ3v) is 2.48. The standard InChI is InChI=1S/C11H12N4O3/c1-6-4-15-5-7(11(16)18-2)3-8(9(12)14-17)10(15)13-6/h3-5,17H,1-2H3,(H2,12,14). The monoisotopic (exact) mass is 248 g/mol. The first-order chi connectivity index (χ1) is 8.56. The molecule has 94 valence electrons. The van der Waals surface area contributed by atoms with E-state index >= 15 is 0 Å². The molecule has 2 aromatic heterocycles. The second-order valence-electron chi connectivity index (χ2n) is 3.73. The molecule has 0 aliphatic carbocycles. The number of aryl methyl sites for hydroxylation is 1. The van der Waals surface area contributed by atoms with Crippen molar-refractivity contribution in [1.82, 2.24) is 9.38 Å². The average Bonchev–Trinajstić information content (AvgIpc) is 2.75. The van der Waals surface area contributed by atoms with Crippen molar-refractivity contribution in [3.05, 3.63) is 35.3 Å². The van der Waals surface area contributed by atoms with Gasteiger partial charge in [-0.2, -0.15) is 0 Å². The smallest absolute Gasteiger partial charge is 0.339 e. The molecule has 0 aromatic carbocycles. The number of imidazole rings is 1. The fourth-order valence-corrected chi connectivity index (χ4v) is 1.69. The van der Waals surface area contributed by atoms with Gasteiger partial charge in [0, 0.05) is 12.4 Å². The van der Waals surface area contributed by atoms with Gasteiger partial charge in [0.15, 0.2) is 5.84 Å². The van der Waals surface area contributed by atoms with E-state index in [0.717, 1.165) is 5.69 Å². The summed E-state index contributed by atoms with van der Waals surface area (Å²) in [7, 11) is 1.29. The Kier molecular flexibility index (Phi) is 2.88. The van der Waals surface area contributed by atoms with Crippen molar-refractivity contribution in [2.75, 3.05) is 7.11 Å². The van der Waals surface area contributed by atoms with Gasteiger partial charge < -0.3 is 20.1 Å². The molecule has 0 atom stereocenters. The first-order valence-corrected chi connectivity index (χ1v) is 5.12. The highest BCUT2D eigenvalue weighted by Gasteiger charge is 2.15. The summed E-state index contributed by atoms with van der Waals surface area (Å²) in [5.74, 6) is -0.619. The lowest BCUT2D eigenvalue weighted by Crippen LogP contribution is -2.16. The van der Waals surface area contributed by atoms with Crippen LogP contribution in [-0.2, 0) is 4.74 Å². The van der Waals surface area contributed by atoms with Crippen LogP contribution in [0.1, 0.15) is 21.6 Å². The number of methoxy groups -OCH3 is 1. The zero-order valence-corrected chi connectivity index (χ0v) is 9.91. The van der Waals surface area contributed by atoms with Crippen molar-refractivity contribution in [3.63, 3.8) is 0 Å². The number of carbonyl (C=O) groups excluding carboxylic acids is 1. The van der Waals surface area contributed by atoms with E-state index in [4.69, 9.17) is 10.9 Å². The first-order valence-electron chi connectivity index (χ1n) is 5.12. The van der Waals surface area contributed by atoms with Crippen molar-refractivity contribution in [3.8, 4) is 0 Å². The summed E-state index contributed by atoms with van der Waals surface area (Å²) in [4.78, 5) is 15.8. The van der Waals surface area contributed by atoms with Crippen molar-refractivity contribution in [1.29, 1.82) is 0 Å². The summed E-state index contributed by atoms with van der Waals surface area (Å²) in [6.45, 7) is 1.81. The van der Waals surface area contributed by atoms with E-state index in [-0.39, 0.29) is 5.84 Å². The van der Waals surface area contributed by atoms with Crippen LogP contribution in [0.2, 0.25) is 0 Å². The van der Waals surface area contributed by atoms with Crippen molar-refractivity contribution < 1.29 is 14.7 Å². The average molecular weight is 248 g/mol. The number of hydrogen-bond acceptors (Lipinski definition) is 5. The predicted molar refractivity (Wildman–Crippen MR) is 63.8 cm³/mol. The Hall–Kier alpha value is -2.57. The maximum atomic E-state index is 11.5. The van der Waals surface area contributed by atoms with Crippen LogP contribution in [0.25, 0.3) is 5.65 Å². The highest BCUT2D eigenvalue weighted by Crippen LogP contribution is 2.14. The van der Waals surface area contributed by atoms with Gasteiger partial charge in [-0.3, -0.25) is 0 Å². The number of nitrogens with two attached hydrogens (primary N) is 1. The van der Waals surface area contributed by atoms with Gasteiger partial charge in [0.25, 0.3) is 0 Å². The summed E-state index contributed by atoms with van der Waals surface area (Å²) < 4.78 is 6.28. The lowest BCUT2D eigenvalue weighted by molar-refractivity contribution is 0.0600. The van der Waals surface area contributed by atoms with Crippen LogP contribution in [0.4, 0.5) is 0 Å². The lowest BCUT2D eigenvalue weighted by atomic mass is 10.2. The van der Waals surface area contributed by atoms with Gasteiger partial charge in [0.1, 0.15) is 5.65 Å². The molecular weight excluding hydrogens is 236 g/mol. The van der Waals surface area contributed by atoms with Crippen molar-refractivity contribution in [2.24, 2.45) is 10.9 Å². The Bertz CT molecular complexity index is 645. The summed E-state index contributed by atoms with van der Waals surface area (Å²) in [6, 6.07) is 1.47. The number of ether oxygens (including phenoxy) is 1. The normalized spacial score (nSPS) is 11.8. The molecule has 2 rings (SSSR count). The van der Waals surface area contributed by atoms with E-state index in [1.54, 1.807) is 23.7 Å². The molecule has 0 amide bonds. The van der Waals surface area contributed by atoms with Crippen molar-refractivity contribution in [2.45, 2.75) is 6.92 Å². The van der Waals surface area contributed by atoms with Crippen LogP contribution in [-0.4, -0.2) is 33.5 Å². The van der Waals surface area contributed by atoms with Crippen molar-refractivity contribution >= 4 is 17.5 Å². The fourth-order valence-electron chi connectivity index (χ4n) is 1.69. The number of aromatic nitrogens is 2. The lowest BCUT2D eigenvalue weighted by Gasteiger charge is -2.05. The van der Waals surface area contributed by atoms with E-state index in [1.165, 1.54) is 13.2 Å². The largest absolute Gasteiger partial charge is 0.465 e. The topological polar surface area (TPSA) is 102 Å². The number of carbonyl (C=O) groups is 1. The zero-order valence-electron chi connectivity index (χ0n) is 9.91. The number of oxime groups is 1. The van der Waals surface area contributed by atoms with Crippen LogP contribution >= 0.6 is 0 Å². The Labute approximate surface area is 102 Å². The number of pyridine rings is 1. The van der Waals surface area contributed by atoms with Gasteiger partial charge >= 0.3 is 5.97 Å². The Balaban J connectivity index is 2.75. The molecule has 0 radical (unpaired) electrons. The first kappa shape index (κ1) is 11.9. The molecule has 2 heterocycles. The Morgan fingerprint density at radius 2 is 2.28 bits per heavy atom.